The van der Waals surface area contributed by atoms with Crippen molar-refractivity contribution in [1.82, 2.24) is 5.32 Å². The summed E-state index contributed by atoms with van der Waals surface area (Å²) in [7, 11) is 1.68. The van der Waals surface area contributed by atoms with Gasteiger partial charge in [0.25, 0.3) is 0 Å². The fraction of sp³-hybridized carbons (Fsp3) is 0.294. The molecule has 110 valence electrons. The van der Waals surface area contributed by atoms with E-state index in [1.165, 1.54) is 11.1 Å². The molecule has 2 aromatic rings. The Labute approximate surface area is 129 Å². The van der Waals surface area contributed by atoms with Gasteiger partial charge in [0.2, 0.25) is 0 Å². The average Bonchev–Trinajstić information content (AvgIpc) is 2.89. The Balaban J connectivity index is 1.48. The summed E-state index contributed by atoms with van der Waals surface area (Å²) in [5, 5.41) is 4.20. The minimum Gasteiger partial charge on any atom is -0.497 e. The Morgan fingerprint density at radius 1 is 1.24 bits per heavy atom. The van der Waals surface area contributed by atoms with Gasteiger partial charge in [-0.3, -0.25) is 0 Å². The summed E-state index contributed by atoms with van der Waals surface area (Å²) in [6.07, 6.45) is 1.09. The van der Waals surface area contributed by atoms with Crippen molar-refractivity contribution in [2.75, 3.05) is 13.7 Å². The van der Waals surface area contributed by atoms with Crippen molar-refractivity contribution in [3.05, 3.63) is 58.6 Å². The number of rotatable bonds is 5. The van der Waals surface area contributed by atoms with E-state index in [9.17, 15) is 0 Å². The Hall–Kier alpha value is -1.71. The van der Waals surface area contributed by atoms with Gasteiger partial charge in [-0.2, -0.15) is 0 Å². The lowest BCUT2D eigenvalue weighted by Gasteiger charge is -2.12. The lowest BCUT2D eigenvalue weighted by molar-refractivity contribution is 0.227. The van der Waals surface area contributed by atoms with Crippen molar-refractivity contribution in [2.24, 2.45) is 0 Å². The van der Waals surface area contributed by atoms with Crippen molar-refractivity contribution >= 4 is 11.6 Å². The van der Waals surface area contributed by atoms with E-state index >= 15 is 0 Å². The number of hydrogen-bond donors (Lipinski definition) is 1. The van der Waals surface area contributed by atoms with E-state index in [1.807, 2.05) is 30.3 Å². The van der Waals surface area contributed by atoms with Crippen LogP contribution in [0.3, 0.4) is 0 Å². The van der Waals surface area contributed by atoms with Gasteiger partial charge in [-0.15, -0.1) is 0 Å². The summed E-state index contributed by atoms with van der Waals surface area (Å²) in [5.41, 5.74) is 2.42. The van der Waals surface area contributed by atoms with Crippen LogP contribution in [0.25, 0.3) is 0 Å². The van der Waals surface area contributed by atoms with Crippen LogP contribution in [0, 0.1) is 0 Å². The first kappa shape index (κ1) is 14.2. The second-order valence-electron chi connectivity index (χ2n) is 5.18. The normalized spacial score (nSPS) is 16.4. The molecule has 3 rings (SSSR count). The van der Waals surface area contributed by atoms with Gasteiger partial charge in [-0.1, -0.05) is 23.7 Å². The molecule has 0 aromatic heterocycles. The van der Waals surface area contributed by atoms with E-state index < -0.39 is 0 Å². The average molecular weight is 304 g/mol. The zero-order valence-electron chi connectivity index (χ0n) is 11.9. The number of nitrogens with one attached hydrogen (secondary N) is 1. The second kappa shape index (κ2) is 6.37. The van der Waals surface area contributed by atoms with Crippen LogP contribution < -0.4 is 14.8 Å². The molecule has 0 fully saturated rings. The van der Waals surface area contributed by atoms with Gasteiger partial charge in [0.1, 0.15) is 17.6 Å². The van der Waals surface area contributed by atoms with Crippen LogP contribution in [0.15, 0.2) is 42.5 Å². The Morgan fingerprint density at radius 2 is 2.05 bits per heavy atom. The van der Waals surface area contributed by atoms with Gasteiger partial charge in [-0.05, 0) is 41.5 Å². The SMILES string of the molecule is COc1ccc(CNCC2Cc3cc(Cl)ccc3O2)cc1. The molecule has 0 radical (unpaired) electrons. The highest BCUT2D eigenvalue weighted by atomic mass is 35.5. The number of fused-ring (bicyclic) bond motifs is 1. The largest absolute Gasteiger partial charge is 0.497 e. The zero-order valence-corrected chi connectivity index (χ0v) is 12.7. The fourth-order valence-electron chi connectivity index (χ4n) is 2.52. The van der Waals surface area contributed by atoms with E-state index in [4.69, 9.17) is 21.1 Å². The highest BCUT2D eigenvalue weighted by Gasteiger charge is 2.22. The molecule has 2 aromatic carbocycles. The first-order chi connectivity index (χ1) is 10.2. The van der Waals surface area contributed by atoms with Crippen LogP contribution in [0.1, 0.15) is 11.1 Å². The first-order valence-electron chi connectivity index (χ1n) is 7.03. The zero-order chi connectivity index (χ0) is 14.7. The molecular weight excluding hydrogens is 286 g/mol. The van der Waals surface area contributed by atoms with Crippen molar-refractivity contribution in [3.8, 4) is 11.5 Å². The first-order valence-corrected chi connectivity index (χ1v) is 7.41. The van der Waals surface area contributed by atoms with Gasteiger partial charge in [0.15, 0.2) is 0 Å². The van der Waals surface area contributed by atoms with Crippen LogP contribution >= 0.6 is 11.6 Å². The quantitative estimate of drug-likeness (QED) is 0.918. The second-order valence-corrected chi connectivity index (χ2v) is 5.61. The lowest BCUT2D eigenvalue weighted by atomic mass is 10.1. The topological polar surface area (TPSA) is 30.5 Å². The number of benzene rings is 2. The van der Waals surface area contributed by atoms with E-state index in [2.05, 4.69) is 17.4 Å². The van der Waals surface area contributed by atoms with Crippen LogP contribution in [-0.2, 0) is 13.0 Å². The summed E-state index contributed by atoms with van der Waals surface area (Å²) in [4.78, 5) is 0. The minimum atomic E-state index is 0.178. The van der Waals surface area contributed by atoms with Crippen molar-refractivity contribution in [3.63, 3.8) is 0 Å². The molecule has 0 saturated heterocycles. The van der Waals surface area contributed by atoms with E-state index in [-0.39, 0.29) is 6.10 Å². The van der Waals surface area contributed by atoms with Gasteiger partial charge >= 0.3 is 0 Å². The molecule has 3 nitrogen and oxygen atoms in total. The third kappa shape index (κ3) is 3.49. The Bertz CT molecular complexity index is 613. The van der Waals surface area contributed by atoms with Crippen LogP contribution in [0.5, 0.6) is 11.5 Å². The number of halogens is 1. The van der Waals surface area contributed by atoms with Crippen LogP contribution in [-0.4, -0.2) is 19.8 Å². The van der Waals surface area contributed by atoms with Crippen molar-refractivity contribution in [1.29, 1.82) is 0 Å². The van der Waals surface area contributed by atoms with Gasteiger partial charge < -0.3 is 14.8 Å². The van der Waals surface area contributed by atoms with Gasteiger partial charge in [-0.25, -0.2) is 0 Å². The number of ether oxygens (including phenoxy) is 2. The van der Waals surface area contributed by atoms with Crippen molar-refractivity contribution < 1.29 is 9.47 Å². The molecule has 21 heavy (non-hydrogen) atoms. The summed E-state index contributed by atoms with van der Waals surface area (Å²) < 4.78 is 11.0. The fourth-order valence-corrected chi connectivity index (χ4v) is 2.72. The smallest absolute Gasteiger partial charge is 0.123 e. The molecule has 1 aliphatic heterocycles. The highest BCUT2D eigenvalue weighted by molar-refractivity contribution is 6.30. The molecule has 1 N–H and O–H groups in total. The van der Waals surface area contributed by atoms with Crippen LogP contribution in [0.4, 0.5) is 0 Å². The number of hydrogen-bond acceptors (Lipinski definition) is 3. The molecule has 1 heterocycles. The maximum atomic E-state index is 6.00. The molecule has 1 aliphatic rings. The molecule has 0 aliphatic carbocycles. The molecule has 0 bridgehead atoms. The lowest BCUT2D eigenvalue weighted by Crippen LogP contribution is -2.29. The van der Waals surface area contributed by atoms with E-state index in [0.29, 0.717) is 0 Å². The molecule has 0 saturated carbocycles. The summed E-state index contributed by atoms with van der Waals surface area (Å²) in [6.45, 7) is 1.64. The minimum absolute atomic E-state index is 0.178. The predicted molar refractivity (Wildman–Crippen MR) is 84.3 cm³/mol. The monoisotopic (exact) mass is 303 g/mol. The predicted octanol–water partition coefficient (Wildman–Crippen LogP) is 3.44. The third-order valence-electron chi connectivity index (χ3n) is 3.62. The Morgan fingerprint density at radius 3 is 2.81 bits per heavy atom. The molecule has 0 spiro atoms. The Kier molecular flexibility index (Phi) is 4.32. The van der Waals surface area contributed by atoms with Crippen LogP contribution in [0.2, 0.25) is 5.02 Å². The molecule has 0 amide bonds. The summed E-state index contributed by atoms with van der Waals surface area (Å²) in [5.74, 6) is 1.83. The highest BCUT2D eigenvalue weighted by Crippen LogP contribution is 2.30. The van der Waals surface area contributed by atoms with Gasteiger partial charge in [0.05, 0.1) is 7.11 Å². The third-order valence-corrected chi connectivity index (χ3v) is 3.86. The summed E-state index contributed by atoms with van der Waals surface area (Å²) in [6, 6.07) is 13.9. The molecular formula is C17H18ClNO2. The maximum Gasteiger partial charge on any atom is 0.123 e. The number of methoxy groups -OCH3 is 1. The van der Waals surface area contributed by atoms with Gasteiger partial charge in [0, 0.05) is 24.5 Å². The molecule has 1 unspecified atom stereocenters. The maximum absolute atomic E-state index is 6.00. The summed E-state index contributed by atoms with van der Waals surface area (Å²) >= 11 is 6.00. The van der Waals surface area contributed by atoms with Crippen molar-refractivity contribution in [2.45, 2.75) is 19.1 Å². The standard InChI is InChI=1S/C17H18ClNO2/c1-20-15-5-2-12(3-6-15)10-19-11-16-9-13-8-14(18)4-7-17(13)21-16/h2-8,16,19H,9-11H2,1H3. The molecule has 1 atom stereocenters. The van der Waals surface area contributed by atoms with E-state index in [0.717, 1.165) is 36.0 Å². The molecule has 4 heteroatoms. The van der Waals surface area contributed by atoms with E-state index in [1.54, 1.807) is 7.11 Å².